The lowest BCUT2D eigenvalue weighted by Crippen LogP contribution is -2.19. The molecule has 1 aromatic rings. The average Bonchev–Trinajstić information content (AvgIpc) is 2.78. The van der Waals surface area contributed by atoms with Crippen molar-refractivity contribution in [3.05, 3.63) is 29.6 Å². The number of hydrogen-bond acceptors (Lipinski definition) is 3. The summed E-state index contributed by atoms with van der Waals surface area (Å²) in [6.07, 6.45) is 1.03. The topological polar surface area (TPSA) is 64.4 Å². The Balaban J connectivity index is 2.09. The Labute approximate surface area is 98.9 Å². The Kier molecular flexibility index (Phi) is 3.58. The lowest BCUT2D eigenvalue weighted by molar-refractivity contribution is 0.0991. The molecule has 3 N–H and O–H groups in total. The Hall–Kier alpha value is -1.62. The summed E-state index contributed by atoms with van der Waals surface area (Å²) in [4.78, 5) is 11.1. The molecule has 1 amide bonds. The van der Waals surface area contributed by atoms with Crippen LogP contribution in [0.25, 0.3) is 0 Å². The fraction of sp³-hybridized carbons (Fsp3) is 0.417. The van der Waals surface area contributed by atoms with Gasteiger partial charge in [0.2, 0.25) is 0 Å². The summed E-state index contributed by atoms with van der Waals surface area (Å²) < 4.78 is 18.9. The molecular formula is C12H15FN2O2. The van der Waals surface area contributed by atoms with E-state index < -0.39 is 11.7 Å². The molecule has 2 rings (SSSR count). The van der Waals surface area contributed by atoms with Gasteiger partial charge in [-0.05, 0) is 25.1 Å². The van der Waals surface area contributed by atoms with E-state index in [4.69, 9.17) is 10.5 Å². The third kappa shape index (κ3) is 2.74. The number of hydrogen-bond donors (Lipinski definition) is 2. The van der Waals surface area contributed by atoms with Crippen LogP contribution in [-0.4, -0.2) is 25.6 Å². The van der Waals surface area contributed by atoms with Crippen molar-refractivity contribution in [3.63, 3.8) is 0 Å². The van der Waals surface area contributed by atoms with E-state index in [-0.39, 0.29) is 11.3 Å². The van der Waals surface area contributed by atoms with Crippen LogP contribution in [-0.2, 0) is 0 Å². The fourth-order valence-electron chi connectivity index (χ4n) is 1.93. The highest BCUT2D eigenvalue weighted by atomic mass is 19.1. The van der Waals surface area contributed by atoms with Gasteiger partial charge in [-0.25, -0.2) is 4.39 Å². The van der Waals surface area contributed by atoms with Crippen LogP contribution in [0.3, 0.4) is 0 Å². The molecule has 1 atom stereocenters. The van der Waals surface area contributed by atoms with Crippen LogP contribution in [0.4, 0.5) is 4.39 Å². The molecule has 0 aromatic heterocycles. The minimum atomic E-state index is -0.803. The van der Waals surface area contributed by atoms with Crippen molar-refractivity contribution in [3.8, 4) is 5.75 Å². The number of primary amides is 1. The van der Waals surface area contributed by atoms with Crippen molar-refractivity contribution in [1.29, 1.82) is 0 Å². The van der Waals surface area contributed by atoms with Crippen molar-refractivity contribution in [2.45, 2.75) is 6.42 Å². The van der Waals surface area contributed by atoms with E-state index in [1.54, 1.807) is 6.07 Å². The maximum absolute atomic E-state index is 13.4. The highest BCUT2D eigenvalue weighted by molar-refractivity contribution is 5.95. The van der Waals surface area contributed by atoms with E-state index in [1.165, 1.54) is 12.1 Å². The number of carbonyl (C=O) groups excluding carboxylic acids is 1. The summed E-state index contributed by atoms with van der Waals surface area (Å²) in [7, 11) is 0. The largest absolute Gasteiger partial charge is 0.492 e. The van der Waals surface area contributed by atoms with Crippen LogP contribution < -0.4 is 15.8 Å². The number of amides is 1. The molecule has 0 aliphatic carbocycles. The van der Waals surface area contributed by atoms with Crippen molar-refractivity contribution >= 4 is 5.91 Å². The molecule has 1 unspecified atom stereocenters. The number of nitrogens with one attached hydrogen (secondary N) is 1. The first-order chi connectivity index (χ1) is 8.18. The van der Waals surface area contributed by atoms with E-state index in [1.807, 2.05) is 0 Å². The molecule has 92 valence electrons. The van der Waals surface area contributed by atoms with E-state index >= 15 is 0 Å². The maximum Gasteiger partial charge on any atom is 0.255 e. The molecule has 1 heterocycles. The monoisotopic (exact) mass is 238 g/mol. The zero-order chi connectivity index (χ0) is 12.3. The Morgan fingerprint density at radius 3 is 3.06 bits per heavy atom. The predicted molar refractivity (Wildman–Crippen MR) is 61.4 cm³/mol. The van der Waals surface area contributed by atoms with Gasteiger partial charge >= 0.3 is 0 Å². The molecule has 5 heteroatoms. The molecule has 0 spiro atoms. The molecule has 4 nitrogen and oxygen atoms in total. The second kappa shape index (κ2) is 5.14. The number of halogens is 1. The summed E-state index contributed by atoms with van der Waals surface area (Å²) in [5, 5.41) is 3.21. The molecule has 17 heavy (non-hydrogen) atoms. The number of carbonyl (C=O) groups is 1. The number of ether oxygens (including phenoxy) is 1. The molecule has 1 saturated heterocycles. The van der Waals surface area contributed by atoms with Gasteiger partial charge in [-0.3, -0.25) is 4.79 Å². The third-order valence-corrected chi connectivity index (χ3v) is 2.86. The zero-order valence-corrected chi connectivity index (χ0v) is 9.41. The van der Waals surface area contributed by atoms with E-state index in [0.717, 1.165) is 19.5 Å². The molecule has 1 fully saturated rings. The second-order valence-electron chi connectivity index (χ2n) is 4.15. The van der Waals surface area contributed by atoms with Gasteiger partial charge in [0.25, 0.3) is 5.91 Å². The van der Waals surface area contributed by atoms with Gasteiger partial charge in [0.05, 0.1) is 6.61 Å². The number of benzene rings is 1. The molecule has 1 aliphatic rings. The molecule has 1 aromatic carbocycles. The summed E-state index contributed by atoms with van der Waals surface area (Å²) in [6, 6.07) is 4.26. The van der Waals surface area contributed by atoms with Crippen molar-refractivity contribution in [2.24, 2.45) is 11.7 Å². The Bertz CT molecular complexity index is 417. The Morgan fingerprint density at radius 1 is 1.59 bits per heavy atom. The standard InChI is InChI=1S/C12H15FN2O2/c13-9-2-1-3-10(11(9)12(14)16)17-7-8-4-5-15-6-8/h1-3,8,15H,4-7H2,(H2,14,16). The Morgan fingerprint density at radius 2 is 2.41 bits per heavy atom. The fourth-order valence-corrected chi connectivity index (χ4v) is 1.93. The van der Waals surface area contributed by atoms with Gasteiger partial charge in [0.1, 0.15) is 17.1 Å². The van der Waals surface area contributed by atoms with Crippen LogP contribution in [0.5, 0.6) is 5.75 Å². The first kappa shape index (κ1) is 11.9. The smallest absolute Gasteiger partial charge is 0.255 e. The lowest BCUT2D eigenvalue weighted by Gasteiger charge is -2.13. The van der Waals surface area contributed by atoms with E-state index in [2.05, 4.69) is 5.32 Å². The highest BCUT2D eigenvalue weighted by Gasteiger charge is 2.18. The van der Waals surface area contributed by atoms with Gasteiger partial charge in [0.15, 0.2) is 0 Å². The molecule has 0 bridgehead atoms. The quantitative estimate of drug-likeness (QED) is 0.819. The third-order valence-electron chi connectivity index (χ3n) is 2.86. The SMILES string of the molecule is NC(=O)c1c(F)cccc1OCC1CCNC1. The van der Waals surface area contributed by atoms with Crippen LogP contribution in [0, 0.1) is 11.7 Å². The van der Waals surface area contributed by atoms with Crippen LogP contribution in [0.1, 0.15) is 16.8 Å². The summed E-state index contributed by atoms with van der Waals surface area (Å²) >= 11 is 0. The highest BCUT2D eigenvalue weighted by Crippen LogP contribution is 2.22. The normalized spacial score (nSPS) is 19.2. The summed E-state index contributed by atoms with van der Waals surface area (Å²) in [5.74, 6) is -0.814. The minimum absolute atomic E-state index is 0.168. The first-order valence-corrected chi connectivity index (χ1v) is 5.60. The van der Waals surface area contributed by atoms with Gasteiger partial charge in [-0.2, -0.15) is 0 Å². The maximum atomic E-state index is 13.4. The van der Waals surface area contributed by atoms with Gasteiger partial charge < -0.3 is 15.8 Å². The number of rotatable bonds is 4. The van der Waals surface area contributed by atoms with E-state index in [0.29, 0.717) is 12.5 Å². The second-order valence-corrected chi connectivity index (χ2v) is 4.15. The van der Waals surface area contributed by atoms with Crippen molar-refractivity contribution < 1.29 is 13.9 Å². The van der Waals surface area contributed by atoms with Gasteiger partial charge in [0, 0.05) is 12.5 Å². The van der Waals surface area contributed by atoms with Crippen LogP contribution in [0.2, 0.25) is 0 Å². The minimum Gasteiger partial charge on any atom is -0.492 e. The predicted octanol–water partition coefficient (Wildman–Crippen LogP) is 0.913. The molecule has 0 radical (unpaired) electrons. The van der Waals surface area contributed by atoms with Crippen LogP contribution in [0.15, 0.2) is 18.2 Å². The zero-order valence-electron chi connectivity index (χ0n) is 9.41. The van der Waals surface area contributed by atoms with Crippen molar-refractivity contribution in [2.75, 3.05) is 19.7 Å². The van der Waals surface area contributed by atoms with Crippen molar-refractivity contribution in [1.82, 2.24) is 5.32 Å². The average molecular weight is 238 g/mol. The first-order valence-electron chi connectivity index (χ1n) is 5.60. The number of nitrogens with two attached hydrogens (primary N) is 1. The molecule has 1 aliphatic heterocycles. The van der Waals surface area contributed by atoms with E-state index in [9.17, 15) is 9.18 Å². The molecular weight excluding hydrogens is 223 g/mol. The lowest BCUT2D eigenvalue weighted by atomic mass is 10.1. The van der Waals surface area contributed by atoms with Crippen LogP contribution >= 0.6 is 0 Å². The summed E-state index contributed by atoms with van der Waals surface area (Å²) in [6.45, 7) is 2.33. The van der Waals surface area contributed by atoms with Gasteiger partial charge in [-0.15, -0.1) is 0 Å². The molecule has 0 saturated carbocycles. The summed E-state index contributed by atoms with van der Waals surface area (Å²) in [5.41, 5.74) is 4.96. The van der Waals surface area contributed by atoms with Gasteiger partial charge in [-0.1, -0.05) is 6.07 Å².